The molecule has 2 aromatic carbocycles. The van der Waals surface area contributed by atoms with Gasteiger partial charge in [0.25, 0.3) is 0 Å². The Labute approximate surface area is 177 Å². The highest BCUT2D eigenvalue weighted by atomic mass is 16.5. The summed E-state index contributed by atoms with van der Waals surface area (Å²) in [7, 11) is 1.61. The fourth-order valence-corrected chi connectivity index (χ4v) is 3.32. The van der Waals surface area contributed by atoms with E-state index in [0.717, 1.165) is 29.2 Å². The van der Waals surface area contributed by atoms with Gasteiger partial charge in [0.05, 0.1) is 19.2 Å². The van der Waals surface area contributed by atoms with Crippen LogP contribution in [0.2, 0.25) is 0 Å². The van der Waals surface area contributed by atoms with Crippen molar-refractivity contribution in [3.05, 3.63) is 65.5 Å². The number of nitrogens with one attached hydrogen (secondary N) is 1. The molecule has 158 valence electrons. The molecule has 6 heteroatoms. The van der Waals surface area contributed by atoms with Crippen molar-refractivity contribution in [3.8, 4) is 17.2 Å². The van der Waals surface area contributed by atoms with E-state index in [1.165, 1.54) is 0 Å². The summed E-state index contributed by atoms with van der Waals surface area (Å²) < 4.78 is 13.2. The summed E-state index contributed by atoms with van der Waals surface area (Å²) in [6, 6.07) is 14.8. The average molecular weight is 408 g/mol. The maximum atomic E-state index is 12.6. The van der Waals surface area contributed by atoms with E-state index >= 15 is 0 Å². The molecule has 0 aliphatic rings. The summed E-state index contributed by atoms with van der Waals surface area (Å²) in [5.74, 6) is 2.41. The molecule has 3 rings (SSSR count). The molecule has 0 aliphatic carbocycles. The molecule has 1 heterocycles. The van der Waals surface area contributed by atoms with Crippen molar-refractivity contribution in [1.82, 2.24) is 9.78 Å². The van der Waals surface area contributed by atoms with Crippen LogP contribution in [0.3, 0.4) is 0 Å². The van der Waals surface area contributed by atoms with E-state index in [2.05, 4.69) is 24.3 Å². The minimum atomic E-state index is -0.0660. The number of benzene rings is 2. The lowest BCUT2D eigenvalue weighted by Crippen LogP contribution is -2.15. The van der Waals surface area contributed by atoms with Gasteiger partial charge in [0, 0.05) is 23.5 Å². The zero-order valence-electron chi connectivity index (χ0n) is 18.2. The van der Waals surface area contributed by atoms with Gasteiger partial charge in [0.15, 0.2) is 11.5 Å². The third-order valence-electron chi connectivity index (χ3n) is 4.84. The number of carbonyl (C=O) groups excluding carboxylic acids is 1. The molecular formula is C24H29N3O3. The Hall–Kier alpha value is -3.28. The predicted molar refractivity (Wildman–Crippen MR) is 118 cm³/mol. The second-order valence-electron chi connectivity index (χ2n) is 7.73. The van der Waals surface area contributed by atoms with Crippen LogP contribution < -0.4 is 14.8 Å². The molecule has 0 saturated carbocycles. The first-order valence-electron chi connectivity index (χ1n) is 10.1. The third kappa shape index (κ3) is 5.20. The van der Waals surface area contributed by atoms with Crippen molar-refractivity contribution in [1.29, 1.82) is 0 Å². The Morgan fingerprint density at radius 3 is 2.37 bits per heavy atom. The van der Waals surface area contributed by atoms with Gasteiger partial charge >= 0.3 is 0 Å². The average Bonchev–Trinajstić information content (AvgIpc) is 2.96. The van der Waals surface area contributed by atoms with Gasteiger partial charge in [0.1, 0.15) is 5.75 Å². The molecule has 0 fully saturated rings. The summed E-state index contributed by atoms with van der Waals surface area (Å²) >= 11 is 0. The Bertz CT molecular complexity index is 1010. The standard InChI is InChI=1S/C24H29N3O3/c1-16(2)15-27-18(4)21(17(3)26-27)14-24(28)25-19-10-12-20(13-11-19)30-23-9-7-6-8-22(23)29-5/h6-13,16H,14-15H2,1-5H3,(H,25,28). The normalized spacial score (nSPS) is 10.9. The van der Waals surface area contributed by atoms with E-state index in [0.29, 0.717) is 29.6 Å². The maximum Gasteiger partial charge on any atom is 0.228 e. The van der Waals surface area contributed by atoms with Crippen LogP contribution in [0.4, 0.5) is 5.69 Å². The number of hydrogen-bond donors (Lipinski definition) is 1. The molecule has 1 N–H and O–H groups in total. The van der Waals surface area contributed by atoms with Crippen LogP contribution in [0.1, 0.15) is 30.8 Å². The molecule has 0 saturated heterocycles. The Kier molecular flexibility index (Phi) is 6.77. The number of aromatic nitrogens is 2. The largest absolute Gasteiger partial charge is 0.493 e. The van der Waals surface area contributed by atoms with Crippen molar-refractivity contribution in [2.45, 2.75) is 40.7 Å². The SMILES string of the molecule is COc1ccccc1Oc1ccc(NC(=O)Cc2c(C)nn(CC(C)C)c2C)cc1. The topological polar surface area (TPSA) is 65.4 Å². The van der Waals surface area contributed by atoms with Crippen molar-refractivity contribution >= 4 is 11.6 Å². The van der Waals surface area contributed by atoms with Gasteiger partial charge in [-0.25, -0.2) is 0 Å². The van der Waals surface area contributed by atoms with Crippen molar-refractivity contribution < 1.29 is 14.3 Å². The predicted octanol–water partition coefficient (Wildman–Crippen LogP) is 5.14. The van der Waals surface area contributed by atoms with E-state index in [1.54, 1.807) is 7.11 Å². The summed E-state index contributed by atoms with van der Waals surface area (Å²) in [5.41, 5.74) is 3.67. The molecule has 0 unspecified atom stereocenters. The number of anilines is 1. The number of methoxy groups -OCH3 is 1. The van der Waals surface area contributed by atoms with Crippen molar-refractivity contribution in [2.24, 2.45) is 5.92 Å². The van der Waals surface area contributed by atoms with Crippen LogP contribution in [-0.2, 0) is 17.8 Å². The second kappa shape index (κ2) is 9.48. The minimum absolute atomic E-state index is 0.0660. The Morgan fingerprint density at radius 1 is 1.07 bits per heavy atom. The molecule has 3 aromatic rings. The Morgan fingerprint density at radius 2 is 1.73 bits per heavy atom. The van der Waals surface area contributed by atoms with Gasteiger partial charge in [-0.3, -0.25) is 9.48 Å². The molecule has 30 heavy (non-hydrogen) atoms. The molecule has 0 radical (unpaired) electrons. The van der Waals surface area contributed by atoms with Gasteiger partial charge < -0.3 is 14.8 Å². The van der Waals surface area contributed by atoms with Crippen LogP contribution in [0, 0.1) is 19.8 Å². The lowest BCUT2D eigenvalue weighted by Gasteiger charge is -2.11. The highest BCUT2D eigenvalue weighted by Gasteiger charge is 2.16. The number of amides is 1. The maximum absolute atomic E-state index is 12.6. The highest BCUT2D eigenvalue weighted by Crippen LogP contribution is 2.31. The van der Waals surface area contributed by atoms with Crippen LogP contribution in [0.15, 0.2) is 48.5 Å². The summed E-state index contributed by atoms with van der Waals surface area (Å²) in [5, 5.41) is 7.54. The molecule has 0 bridgehead atoms. The zero-order chi connectivity index (χ0) is 21.7. The fraction of sp³-hybridized carbons (Fsp3) is 0.333. The van der Waals surface area contributed by atoms with Gasteiger partial charge in [-0.15, -0.1) is 0 Å². The quantitative estimate of drug-likeness (QED) is 0.562. The van der Waals surface area contributed by atoms with Crippen molar-refractivity contribution in [3.63, 3.8) is 0 Å². The van der Waals surface area contributed by atoms with Crippen LogP contribution >= 0.6 is 0 Å². The molecular weight excluding hydrogens is 378 g/mol. The highest BCUT2D eigenvalue weighted by molar-refractivity contribution is 5.92. The van der Waals surface area contributed by atoms with Crippen molar-refractivity contribution in [2.75, 3.05) is 12.4 Å². The third-order valence-corrected chi connectivity index (χ3v) is 4.84. The van der Waals surface area contributed by atoms with Crippen LogP contribution in [-0.4, -0.2) is 22.8 Å². The summed E-state index contributed by atoms with van der Waals surface area (Å²) in [6.45, 7) is 9.14. The van der Waals surface area contributed by atoms with Gasteiger partial charge in [-0.2, -0.15) is 5.10 Å². The second-order valence-corrected chi connectivity index (χ2v) is 7.73. The number of ether oxygens (including phenoxy) is 2. The molecule has 6 nitrogen and oxygen atoms in total. The molecule has 0 aliphatic heterocycles. The summed E-state index contributed by atoms with van der Waals surface area (Å²) in [4.78, 5) is 12.6. The van der Waals surface area contributed by atoms with Crippen LogP contribution in [0.5, 0.6) is 17.2 Å². The lowest BCUT2D eigenvalue weighted by molar-refractivity contribution is -0.115. The minimum Gasteiger partial charge on any atom is -0.493 e. The van der Waals surface area contributed by atoms with E-state index in [1.807, 2.05) is 67.1 Å². The number of aryl methyl sites for hydroxylation is 1. The molecule has 1 aromatic heterocycles. The number of para-hydroxylation sites is 2. The first kappa shape index (κ1) is 21.4. The number of rotatable bonds is 8. The molecule has 0 spiro atoms. The smallest absolute Gasteiger partial charge is 0.228 e. The first-order valence-corrected chi connectivity index (χ1v) is 10.1. The lowest BCUT2D eigenvalue weighted by atomic mass is 10.1. The first-order chi connectivity index (χ1) is 14.4. The van der Waals surface area contributed by atoms with Gasteiger partial charge in [-0.05, 0) is 56.2 Å². The Balaban J connectivity index is 1.63. The number of carbonyl (C=O) groups is 1. The van der Waals surface area contributed by atoms with Gasteiger partial charge in [0.2, 0.25) is 5.91 Å². The number of hydrogen-bond acceptors (Lipinski definition) is 4. The van der Waals surface area contributed by atoms with E-state index in [-0.39, 0.29) is 5.91 Å². The van der Waals surface area contributed by atoms with Gasteiger partial charge in [-0.1, -0.05) is 26.0 Å². The fourth-order valence-electron chi connectivity index (χ4n) is 3.32. The zero-order valence-corrected chi connectivity index (χ0v) is 18.2. The van der Waals surface area contributed by atoms with E-state index in [9.17, 15) is 4.79 Å². The summed E-state index contributed by atoms with van der Waals surface area (Å²) in [6.07, 6.45) is 0.301. The number of nitrogens with zero attached hydrogens (tertiary/aromatic N) is 2. The van der Waals surface area contributed by atoms with E-state index < -0.39 is 0 Å². The molecule has 0 atom stereocenters. The monoisotopic (exact) mass is 407 g/mol. The van der Waals surface area contributed by atoms with E-state index in [4.69, 9.17) is 9.47 Å². The molecule has 1 amide bonds. The van der Waals surface area contributed by atoms with Crippen LogP contribution in [0.25, 0.3) is 0 Å².